The number of carbonyl (C=O) groups is 1. The number of H-pyrrole nitrogens is 1. The van der Waals surface area contributed by atoms with Gasteiger partial charge in [-0.15, -0.1) is 0 Å². The van der Waals surface area contributed by atoms with E-state index in [0.717, 1.165) is 11.0 Å². The number of para-hydroxylation sites is 2. The van der Waals surface area contributed by atoms with Crippen LogP contribution in [-0.2, 0) is 15.6 Å². The number of likely N-dealkylation sites (tertiary alicyclic amines) is 1. The number of aromatic amines is 1. The number of piperidine rings is 1. The lowest BCUT2D eigenvalue weighted by Crippen LogP contribution is -2.40. The standard InChI is InChI=1S/C21H23N3O4S/c1-29(27,28)14-15-5-4-6-16(13-15)20(25)23-11-9-17(10-12-23)24-19-8-3-2-7-18(19)22-21(24)26/h2-8,13,17H,9-12,14H2,1H3,(H,22,26). The van der Waals surface area contributed by atoms with E-state index >= 15 is 0 Å². The second-order valence-electron chi connectivity index (χ2n) is 7.61. The number of nitrogens with one attached hydrogen (secondary N) is 1. The third-order valence-electron chi connectivity index (χ3n) is 5.34. The molecule has 7 nitrogen and oxygen atoms in total. The fraction of sp³-hybridized carbons (Fsp3) is 0.333. The Morgan fingerprint density at radius 2 is 1.83 bits per heavy atom. The van der Waals surface area contributed by atoms with Gasteiger partial charge in [-0.25, -0.2) is 13.2 Å². The molecule has 29 heavy (non-hydrogen) atoms. The molecule has 1 aliphatic heterocycles. The van der Waals surface area contributed by atoms with E-state index in [-0.39, 0.29) is 23.4 Å². The molecule has 0 atom stereocenters. The highest BCUT2D eigenvalue weighted by Crippen LogP contribution is 2.26. The molecule has 0 saturated carbocycles. The molecule has 1 N–H and O–H groups in total. The van der Waals surface area contributed by atoms with Gasteiger partial charge in [0.25, 0.3) is 5.91 Å². The summed E-state index contributed by atoms with van der Waals surface area (Å²) in [5, 5.41) is 0. The average Bonchev–Trinajstić information content (AvgIpc) is 3.02. The van der Waals surface area contributed by atoms with Crippen molar-refractivity contribution in [2.24, 2.45) is 0 Å². The van der Waals surface area contributed by atoms with Crippen LogP contribution in [0.15, 0.2) is 53.3 Å². The van der Waals surface area contributed by atoms with Gasteiger partial charge in [-0.2, -0.15) is 0 Å². The molecular weight excluding hydrogens is 390 g/mol. The second kappa shape index (κ2) is 7.51. The summed E-state index contributed by atoms with van der Waals surface area (Å²) in [6, 6.07) is 14.5. The van der Waals surface area contributed by atoms with Gasteiger partial charge in [0, 0.05) is 31.0 Å². The number of hydrogen-bond donors (Lipinski definition) is 1. The minimum Gasteiger partial charge on any atom is -0.338 e. The van der Waals surface area contributed by atoms with Crippen LogP contribution in [0.2, 0.25) is 0 Å². The highest BCUT2D eigenvalue weighted by Gasteiger charge is 2.26. The number of carbonyl (C=O) groups excluding carboxylic acids is 1. The number of amides is 1. The Hall–Kier alpha value is -2.87. The van der Waals surface area contributed by atoms with E-state index < -0.39 is 9.84 Å². The van der Waals surface area contributed by atoms with E-state index in [9.17, 15) is 18.0 Å². The number of imidazole rings is 1. The van der Waals surface area contributed by atoms with Crippen LogP contribution < -0.4 is 5.69 Å². The summed E-state index contributed by atoms with van der Waals surface area (Å²) in [6.07, 6.45) is 2.56. The molecule has 1 amide bonds. The molecule has 1 aromatic heterocycles. The summed E-state index contributed by atoms with van der Waals surface area (Å²) in [5.41, 5.74) is 2.69. The van der Waals surface area contributed by atoms with E-state index in [1.165, 1.54) is 6.26 Å². The summed E-state index contributed by atoms with van der Waals surface area (Å²) < 4.78 is 24.8. The lowest BCUT2D eigenvalue weighted by Gasteiger charge is -2.32. The van der Waals surface area contributed by atoms with Crippen LogP contribution in [0.5, 0.6) is 0 Å². The smallest absolute Gasteiger partial charge is 0.326 e. The van der Waals surface area contributed by atoms with Gasteiger partial charge in [0.05, 0.1) is 16.8 Å². The van der Waals surface area contributed by atoms with Crippen LogP contribution >= 0.6 is 0 Å². The predicted octanol–water partition coefficient (Wildman–Crippen LogP) is 2.35. The molecule has 3 aromatic rings. The molecule has 0 spiro atoms. The number of hydrogen-bond acceptors (Lipinski definition) is 4. The molecule has 0 radical (unpaired) electrons. The van der Waals surface area contributed by atoms with Gasteiger partial charge in [0.15, 0.2) is 9.84 Å². The van der Waals surface area contributed by atoms with Gasteiger partial charge in [-0.1, -0.05) is 24.3 Å². The largest absolute Gasteiger partial charge is 0.338 e. The molecule has 0 unspecified atom stereocenters. The lowest BCUT2D eigenvalue weighted by atomic mass is 10.0. The zero-order valence-electron chi connectivity index (χ0n) is 16.2. The number of nitrogens with zero attached hydrogens (tertiary/aromatic N) is 2. The van der Waals surface area contributed by atoms with Gasteiger partial charge in [0.1, 0.15) is 0 Å². The van der Waals surface area contributed by atoms with E-state index in [1.54, 1.807) is 33.7 Å². The maximum absolute atomic E-state index is 12.9. The first-order valence-electron chi connectivity index (χ1n) is 9.57. The predicted molar refractivity (Wildman–Crippen MR) is 112 cm³/mol. The molecule has 8 heteroatoms. The maximum Gasteiger partial charge on any atom is 0.326 e. The lowest BCUT2D eigenvalue weighted by molar-refractivity contribution is 0.0695. The van der Waals surface area contributed by atoms with E-state index in [4.69, 9.17) is 0 Å². The van der Waals surface area contributed by atoms with Crippen molar-refractivity contribution in [1.29, 1.82) is 0 Å². The first kappa shape index (κ1) is 19.4. The molecule has 2 heterocycles. The SMILES string of the molecule is CS(=O)(=O)Cc1cccc(C(=O)N2CCC(n3c(=O)[nH]c4ccccc43)CC2)c1. The molecular formula is C21H23N3O4S. The highest BCUT2D eigenvalue weighted by molar-refractivity contribution is 7.89. The quantitative estimate of drug-likeness (QED) is 0.711. The van der Waals surface area contributed by atoms with Crippen molar-refractivity contribution in [2.45, 2.75) is 24.6 Å². The van der Waals surface area contributed by atoms with Crippen molar-refractivity contribution in [3.8, 4) is 0 Å². The summed E-state index contributed by atoms with van der Waals surface area (Å²) in [6.45, 7) is 1.09. The fourth-order valence-corrected chi connectivity index (χ4v) is 4.83. The van der Waals surface area contributed by atoms with Gasteiger partial charge >= 0.3 is 5.69 Å². The van der Waals surface area contributed by atoms with E-state index in [1.807, 2.05) is 24.3 Å². The van der Waals surface area contributed by atoms with Gasteiger partial charge in [-0.05, 0) is 42.7 Å². The second-order valence-corrected chi connectivity index (χ2v) is 9.75. The molecule has 1 aliphatic rings. The number of benzene rings is 2. The third-order valence-corrected chi connectivity index (χ3v) is 6.20. The fourth-order valence-electron chi connectivity index (χ4n) is 4.04. The summed E-state index contributed by atoms with van der Waals surface area (Å²) >= 11 is 0. The van der Waals surface area contributed by atoms with Crippen molar-refractivity contribution in [2.75, 3.05) is 19.3 Å². The summed E-state index contributed by atoms with van der Waals surface area (Å²) in [7, 11) is -3.16. The minimum atomic E-state index is -3.16. The first-order valence-corrected chi connectivity index (χ1v) is 11.6. The van der Waals surface area contributed by atoms with Crippen molar-refractivity contribution in [3.05, 3.63) is 70.1 Å². The van der Waals surface area contributed by atoms with Crippen molar-refractivity contribution < 1.29 is 13.2 Å². The van der Waals surface area contributed by atoms with Crippen LogP contribution in [0.4, 0.5) is 0 Å². The van der Waals surface area contributed by atoms with E-state index in [0.29, 0.717) is 37.1 Å². The molecule has 2 aromatic carbocycles. The Kier molecular flexibility index (Phi) is 5.04. The van der Waals surface area contributed by atoms with E-state index in [2.05, 4.69) is 4.98 Å². The Labute approximate surface area is 168 Å². The Morgan fingerprint density at radius 3 is 2.55 bits per heavy atom. The molecule has 1 fully saturated rings. The minimum absolute atomic E-state index is 0.0410. The van der Waals surface area contributed by atoms with Crippen LogP contribution in [0, 0.1) is 0 Å². The number of fused-ring (bicyclic) bond motifs is 1. The van der Waals surface area contributed by atoms with Gasteiger partial charge in [0.2, 0.25) is 0 Å². The molecule has 4 rings (SSSR count). The molecule has 0 aliphatic carbocycles. The highest BCUT2D eigenvalue weighted by atomic mass is 32.2. The average molecular weight is 413 g/mol. The van der Waals surface area contributed by atoms with Crippen LogP contribution in [-0.4, -0.2) is 48.1 Å². The topological polar surface area (TPSA) is 92.2 Å². The van der Waals surface area contributed by atoms with Crippen LogP contribution in [0.1, 0.15) is 34.8 Å². The third kappa shape index (κ3) is 4.12. The Balaban J connectivity index is 1.48. The van der Waals surface area contributed by atoms with Crippen molar-refractivity contribution >= 4 is 26.8 Å². The van der Waals surface area contributed by atoms with Crippen LogP contribution in [0.3, 0.4) is 0 Å². The molecule has 152 valence electrons. The molecule has 0 bridgehead atoms. The maximum atomic E-state index is 12.9. The Morgan fingerprint density at radius 1 is 1.10 bits per heavy atom. The Bertz CT molecular complexity index is 1220. The molecule has 1 saturated heterocycles. The van der Waals surface area contributed by atoms with Gasteiger partial charge < -0.3 is 9.88 Å². The summed E-state index contributed by atoms with van der Waals surface area (Å²) in [4.78, 5) is 30.0. The van der Waals surface area contributed by atoms with Crippen molar-refractivity contribution in [1.82, 2.24) is 14.5 Å². The number of sulfone groups is 1. The zero-order chi connectivity index (χ0) is 20.6. The zero-order valence-corrected chi connectivity index (χ0v) is 17.0. The normalized spacial score (nSPS) is 15.7. The number of rotatable bonds is 4. The van der Waals surface area contributed by atoms with Crippen molar-refractivity contribution in [3.63, 3.8) is 0 Å². The van der Waals surface area contributed by atoms with Crippen LogP contribution in [0.25, 0.3) is 11.0 Å². The monoisotopic (exact) mass is 413 g/mol. The number of aromatic nitrogens is 2. The first-order chi connectivity index (χ1) is 13.8. The van der Waals surface area contributed by atoms with Gasteiger partial charge in [-0.3, -0.25) is 9.36 Å². The summed E-state index contributed by atoms with van der Waals surface area (Å²) in [5.74, 6) is -0.190.